The van der Waals surface area contributed by atoms with Crippen molar-refractivity contribution in [3.8, 4) is 6.07 Å². The van der Waals surface area contributed by atoms with E-state index in [1.54, 1.807) is 0 Å². The van der Waals surface area contributed by atoms with Crippen LogP contribution in [0.4, 0.5) is 0 Å². The SMILES string of the molecule is N#Cc1ccc(S(=O)(=O)N2CCCC[C@@H]2C(=O)O)cc1Cl. The summed E-state index contributed by atoms with van der Waals surface area (Å²) in [6.07, 6.45) is 1.59. The fourth-order valence-corrected chi connectivity index (χ4v) is 4.29. The van der Waals surface area contributed by atoms with E-state index in [-0.39, 0.29) is 22.0 Å². The number of rotatable bonds is 3. The highest BCUT2D eigenvalue weighted by atomic mass is 35.5. The average Bonchev–Trinajstić information content (AvgIpc) is 2.47. The van der Waals surface area contributed by atoms with Gasteiger partial charge in [-0.25, -0.2) is 8.42 Å². The van der Waals surface area contributed by atoms with Crippen LogP contribution in [-0.2, 0) is 14.8 Å². The van der Waals surface area contributed by atoms with Gasteiger partial charge in [0.1, 0.15) is 12.1 Å². The van der Waals surface area contributed by atoms with E-state index in [0.29, 0.717) is 19.3 Å². The van der Waals surface area contributed by atoms with Crippen LogP contribution in [0.1, 0.15) is 24.8 Å². The zero-order valence-corrected chi connectivity index (χ0v) is 12.6. The van der Waals surface area contributed by atoms with Crippen LogP contribution < -0.4 is 0 Å². The molecule has 8 heteroatoms. The predicted octanol–water partition coefficient (Wildman–Crippen LogP) is 1.84. The fourth-order valence-electron chi connectivity index (χ4n) is 2.32. The van der Waals surface area contributed by atoms with Crippen LogP contribution in [0.3, 0.4) is 0 Å². The van der Waals surface area contributed by atoms with Gasteiger partial charge in [-0.3, -0.25) is 4.79 Å². The first kappa shape index (κ1) is 15.8. The number of aliphatic carboxylic acids is 1. The van der Waals surface area contributed by atoms with E-state index in [0.717, 1.165) is 4.31 Å². The van der Waals surface area contributed by atoms with Gasteiger partial charge < -0.3 is 5.11 Å². The maximum Gasteiger partial charge on any atom is 0.322 e. The van der Waals surface area contributed by atoms with Gasteiger partial charge >= 0.3 is 5.97 Å². The summed E-state index contributed by atoms with van der Waals surface area (Å²) in [4.78, 5) is 11.1. The second-order valence-corrected chi connectivity index (χ2v) is 7.02. The van der Waals surface area contributed by atoms with E-state index < -0.39 is 22.0 Å². The Hall–Kier alpha value is -1.62. The monoisotopic (exact) mass is 328 g/mol. The number of hydrogen-bond donors (Lipinski definition) is 1. The lowest BCUT2D eigenvalue weighted by Crippen LogP contribution is -2.47. The molecule has 0 spiro atoms. The Morgan fingerprint density at radius 1 is 1.43 bits per heavy atom. The smallest absolute Gasteiger partial charge is 0.322 e. The molecule has 1 saturated heterocycles. The van der Waals surface area contributed by atoms with Crippen molar-refractivity contribution in [1.29, 1.82) is 5.26 Å². The highest BCUT2D eigenvalue weighted by molar-refractivity contribution is 7.89. The minimum Gasteiger partial charge on any atom is -0.480 e. The number of piperidine rings is 1. The molecule has 2 rings (SSSR count). The molecule has 0 bridgehead atoms. The Morgan fingerprint density at radius 3 is 2.71 bits per heavy atom. The van der Waals surface area contributed by atoms with Gasteiger partial charge in [0.05, 0.1) is 15.5 Å². The van der Waals surface area contributed by atoms with Gasteiger partial charge in [-0.1, -0.05) is 11.6 Å². The van der Waals surface area contributed by atoms with Crippen molar-refractivity contribution in [2.24, 2.45) is 0 Å². The minimum atomic E-state index is -3.95. The van der Waals surface area contributed by atoms with Gasteiger partial charge in [-0.15, -0.1) is 0 Å². The third kappa shape index (κ3) is 3.02. The summed E-state index contributed by atoms with van der Waals surface area (Å²) in [5, 5.41) is 18.0. The second-order valence-electron chi connectivity index (χ2n) is 4.72. The summed E-state index contributed by atoms with van der Waals surface area (Å²) in [6, 6.07) is 4.56. The number of benzene rings is 1. The zero-order chi connectivity index (χ0) is 15.6. The van der Waals surface area contributed by atoms with Gasteiger partial charge in [0.25, 0.3) is 0 Å². The summed E-state index contributed by atoms with van der Waals surface area (Å²) >= 11 is 5.85. The molecule has 1 aromatic rings. The molecule has 1 aliphatic rings. The van der Waals surface area contributed by atoms with Crippen LogP contribution >= 0.6 is 11.6 Å². The third-order valence-corrected chi connectivity index (χ3v) is 5.62. The van der Waals surface area contributed by atoms with Crippen molar-refractivity contribution in [3.63, 3.8) is 0 Å². The van der Waals surface area contributed by atoms with Crippen molar-refractivity contribution in [2.45, 2.75) is 30.2 Å². The van der Waals surface area contributed by atoms with Crippen LogP contribution in [0.15, 0.2) is 23.1 Å². The number of carboxylic acids is 1. The van der Waals surface area contributed by atoms with Crippen LogP contribution in [0.25, 0.3) is 0 Å². The van der Waals surface area contributed by atoms with Gasteiger partial charge in [0, 0.05) is 6.54 Å². The molecule has 0 unspecified atom stereocenters. The molecule has 0 saturated carbocycles. The summed E-state index contributed by atoms with van der Waals surface area (Å²) < 4.78 is 26.1. The first-order chi connectivity index (χ1) is 9.87. The highest BCUT2D eigenvalue weighted by Crippen LogP contribution is 2.28. The van der Waals surface area contributed by atoms with E-state index in [1.807, 2.05) is 6.07 Å². The average molecular weight is 329 g/mol. The number of hydrogen-bond acceptors (Lipinski definition) is 4. The molecule has 6 nitrogen and oxygen atoms in total. The molecule has 112 valence electrons. The van der Waals surface area contributed by atoms with E-state index in [9.17, 15) is 18.3 Å². The first-order valence-corrected chi connectivity index (χ1v) is 8.14. The Kier molecular flexibility index (Phi) is 4.52. The molecule has 1 fully saturated rings. The van der Waals surface area contributed by atoms with Gasteiger partial charge in [0.15, 0.2) is 0 Å². The lowest BCUT2D eigenvalue weighted by atomic mass is 10.1. The maximum absolute atomic E-state index is 12.6. The molecule has 1 aromatic carbocycles. The Morgan fingerprint density at radius 2 is 2.14 bits per heavy atom. The van der Waals surface area contributed by atoms with Gasteiger partial charge in [-0.05, 0) is 37.5 Å². The number of carboxylic acid groups (broad SMARTS) is 1. The first-order valence-electron chi connectivity index (χ1n) is 6.32. The fraction of sp³-hybridized carbons (Fsp3) is 0.385. The van der Waals surface area contributed by atoms with Gasteiger partial charge in [-0.2, -0.15) is 9.57 Å². The lowest BCUT2D eigenvalue weighted by molar-refractivity contribution is -0.142. The molecular formula is C13H13ClN2O4S. The largest absolute Gasteiger partial charge is 0.480 e. The molecule has 21 heavy (non-hydrogen) atoms. The van der Waals surface area contributed by atoms with E-state index in [1.165, 1.54) is 18.2 Å². The zero-order valence-electron chi connectivity index (χ0n) is 11.0. The Bertz CT molecular complexity index is 711. The summed E-state index contributed by atoms with van der Waals surface area (Å²) in [5.74, 6) is -1.15. The summed E-state index contributed by atoms with van der Waals surface area (Å²) in [7, 11) is -3.95. The lowest BCUT2D eigenvalue weighted by Gasteiger charge is -2.31. The van der Waals surface area contributed by atoms with Crippen LogP contribution in [0.2, 0.25) is 5.02 Å². The highest BCUT2D eigenvalue weighted by Gasteiger charge is 2.37. The molecule has 1 heterocycles. The van der Waals surface area contributed by atoms with Crippen LogP contribution in [-0.4, -0.2) is 36.4 Å². The molecule has 0 amide bonds. The summed E-state index contributed by atoms with van der Waals surface area (Å²) in [5.41, 5.74) is 0.170. The summed E-state index contributed by atoms with van der Waals surface area (Å²) in [6.45, 7) is 0.164. The molecule has 1 N–H and O–H groups in total. The number of carbonyl (C=O) groups is 1. The maximum atomic E-state index is 12.6. The number of nitrogens with zero attached hydrogens (tertiary/aromatic N) is 2. The second kappa shape index (κ2) is 6.02. The number of halogens is 1. The Labute approximate surface area is 127 Å². The quantitative estimate of drug-likeness (QED) is 0.912. The van der Waals surface area contributed by atoms with Crippen molar-refractivity contribution in [3.05, 3.63) is 28.8 Å². The Balaban J connectivity index is 2.43. The number of nitriles is 1. The molecule has 0 radical (unpaired) electrons. The van der Waals surface area contributed by atoms with E-state index in [4.69, 9.17) is 16.9 Å². The molecule has 0 aromatic heterocycles. The molecule has 1 atom stereocenters. The minimum absolute atomic E-state index is 0.0301. The standard InChI is InChI=1S/C13H13ClN2O4S/c14-11-7-10(5-4-9(11)8-15)21(19,20)16-6-2-1-3-12(16)13(17)18/h4-5,7,12H,1-3,6H2,(H,17,18)/t12-/m1/s1. The molecule has 0 aliphatic carbocycles. The topological polar surface area (TPSA) is 98.5 Å². The van der Waals surface area contributed by atoms with Crippen molar-refractivity contribution in [1.82, 2.24) is 4.31 Å². The van der Waals surface area contributed by atoms with Crippen LogP contribution in [0.5, 0.6) is 0 Å². The normalized spacial score (nSPS) is 19.9. The van der Waals surface area contributed by atoms with E-state index in [2.05, 4.69) is 0 Å². The molecular weight excluding hydrogens is 316 g/mol. The van der Waals surface area contributed by atoms with Crippen molar-refractivity contribution < 1.29 is 18.3 Å². The predicted molar refractivity (Wildman–Crippen MR) is 75.3 cm³/mol. The number of sulfonamides is 1. The van der Waals surface area contributed by atoms with Crippen LogP contribution in [0, 0.1) is 11.3 Å². The van der Waals surface area contributed by atoms with Crippen molar-refractivity contribution >= 4 is 27.6 Å². The van der Waals surface area contributed by atoms with Crippen molar-refractivity contribution in [2.75, 3.05) is 6.54 Å². The van der Waals surface area contributed by atoms with E-state index >= 15 is 0 Å². The molecule has 1 aliphatic heterocycles. The van der Waals surface area contributed by atoms with Gasteiger partial charge in [0.2, 0.25) is 10.0 Å². The third-order valence-electron chi connectivity index (χ3n) is 3.41.